The lowest BCUT2D eigenvalue weighted by Crippen LogP contribution is -1.98. The van der Waals surface area contributed by atoms with E-state index < -0.39 is 0 Å². The number of hydrogen-bond donors (Lipinski definition) is 0. The van der Waals surface area contributed by atoms with Crippen molar-refractivity contribution in [2.45, 2.75) is 12.8 Å². The highest BCUT2D eigenvalue weighted by Gasteiger charge is 2.21. The summed E-state index contributed by atoms with van der Waals surface area (Å²) in [6, 6.07) is 57.0. The van der Waals surface area contributed by atoms with Crippen LogP contribution in [-0.4, -0.2) is 14.1 Å². The molecule has 0 N–H and O–H groups in total. The van der Waals surface area contributed by atoms with Crippen LogP contribution < -0.4 is 0 Å². The summed E-state index contributed by atoms with van der Waals surface area (Å²) in [5.74, 6) is 0. The lowest BCUT2D eigenvalue weighted by molar-refractivity contribution is 1.04. The Morgan fingerprint density at radius 2 is 1.14 bits per heavy atom. The molecule has 0 saturated carbocycles. The fourth-order valence-electron chi connectivity index (χ4n) is 7.89. The molecule has 1 aliphatic carbocycles. The number of benzene rings is 6. The minimum Gasteiger partial charge on any atom is -0.309 e. The Kier molecular flexibility index (Phi) is 6.63. The largest absolute Gasteiger partial charge is 0.309 e. The van der Waals surface area contributed by atoms with Gasteiger partial charge in [0.15, 0.2) is 0 Å². The molecule has 9 aromatic rings. The van der Waals surface area contributed by atoms with E-state index >= 15 is 0 Å². The molecule has 3 heteroatoms. The molecule has 50 heavy (non-hydrogen) atoms. The molecule has 0 amide bonds. The van der Waals surface area contributed by atoms with Crippen molar-refractivity contribution in [1.82, 2.24) is 14.1 Å². The predicted octanol–water partition coefficient (Wildman–Crippen LogP) is 12.3. The Balaban J connectivity index is 1.25. The summed E-state index contributed by atoms with van der Waals surface area (Å²) in [5, 5.41) is 5.02. The third kappa shape index (κ3) is 4.55. The van der Waals surface area contributed by atoms with Gasteiger partial charge in [0, 0.05) is 38.5 Å². The molecule has 6 aromatic carbocycles. The van der Waals surface area contributed by atoms with Crippen molar-refractivity contribution in [3.8, 4) is 33.8 Å². The molecular formula is C47H33N3. The van der Waals surface area contributed by atoms with E-state index in [1.165, 1.54) is 54.7 Å². The molecule has 3 nitrogen and oxygen atoms in total. The van der Waals surface area contributed by atoms with Crippen molar-refractivity contribution in [3.63, 3.8) is 0 Å². The van der Waals surface area contributed by atoms with Crippen LogP contribution in [0.3, 0.4) is 0 Å². The van der Waals surface area contributed by atoms with E-state index in [9.17, 15) is 0 Å². The number of hydrogen-bond acceptors (Lipinski definition) is 1. The van der Waals surface area contributed by atoms with Crippen molar-refractivity contribution < 1.29 is 0 Å². The molecule has 0 radical (unpaired) electrons. The molecule has 0 spiro atoms. The lowest BCUT2D eigenvalue weighted by atomic mass is 9.96. The summed E-state index contributed by atoms with van der Waals surface area (Å²) in [4.78, 5) is 5.19. The third-order valence-electron chi connectivity index (χ3n) is 10.2. The van der Waals surface area contributed by atoms with Crippen LogP contribution in [0.4, 0.5) is 0 Å². The van der Waals surface area contributed by atoms with Crippen LogP contribution in [0, 0.1) is 0 Å². The Hall–Kier alpha value is -6.45. The zero-order valence-corrected chi connectivity index (χ0v) is 27.5. The lowest BCUT2D eigenvalue weighted by Gasteiger charge is -2.15. The monoisotopic (exact) mass is 639 g/mol. The van der Waals surface area contributed by atoms with Crippen LogP contribution in [0.25, 0.3) is 82.9 Å². The summed E-state index contributed by atoms with van der Waals surface area (Å²) in [5.41, 5.74) is 13.9. The van der Waals surface area contributed by atoms with Gasteiger partial charge >= 0.3 is 0 Å². The smallest absolute Gasteiger partial charge is 0.0715 e. The molecule has 236 valence electrons. The van der Waals surface area contributed by atoms with Gasteiger partial charge in [-0.2, -0.15) is 0 Å². The summed E-state index contributed by atoms with van der Waals surface area (Å²) in [7, 11) is 0. The number of fused-ring (bicyclic) bond motifs is 7. The van der Waals surface area contributed by atoms with Gasteiger partial charge < -0.3 is 9.13 Å². The maximum Gasteiger partial charge on any atom is 0.0715 e. The van der Waals surface area contributed by atoms with Gasteiger partial charge in [-0.15, -0.1) is 0 Å². The first-order valence-corrected chi connectivity index (χ1v) is 17.4. The van der Waals surface area contributed by atoms with Gasteiger partial charge in [0.25, 0.3) is 0 Å². The molecule has 3 heterocycles. The van der Waals surface area contributed by atoms with Crippen LogP contribution >= 0.6 is 0 Å². The standard InChI is InChI=1S/C47H33N3/c1-4-15-32(16-5-1)41-30-35(31-42(48-41)33-17-6-2-7-18-33)34-19-14-22-37(29-34)50-43-25-12-10-23-38(43)39-27-28-45-46(47(39)50)40-24-11-13-26-44(40)49(45)36-20-8-3-9-21-36/h1-6,8-17,19-31H,7,18H2. The highest BCUT2D eigenvalue weighted by molar-refractivity contribution is 6.26. The highest BCUT2D eigenvalue weighted by atomic mass is 15.0. The van der Waals surface area contributed by atoms with Gasteiger partial charge in [-0.1, -0.05) is 121 Å². The number of aromatic nitrogens is 3. The first-order chi connectivity index (χ1) is 24.8. The van der Waals surface area contributed by atoms with Crippen molar-refractivity contribution in [2.75, 3.05) is 0 Å². The molecule has 0 atom stereocenters. The SMILES string of the molecule is C1=CCCC(c2cc(-c3cccc(-n4c5ccccc5c5ccc6c(c7ccccc7n6-c6ccccc6)c54)c3)cc(-c3ccccc3)n2)=C1. The number of rotatable bonds is 5. The van der Waals surface area contributed by atoms with Crippen LogP contribution in [0.15, 0.2) is 176 Å². The Morgan fingerprint density at radius 1 is 0.460 bits per heavy atom. The zero-order valence-electron chi connectivity index (χ0n) is 27.5. The van der Waals surface area contributed by atoms with Crippen molar-refractivity contribution in [3.05, 3.63) is 182 Å². The number of nitrogens with zero attached hydrogens (tertiary/aromatic N) is 3. The predicted molar refractivity (Wildman–Crippen MR) is 210 cm³/mol. The highest BCUT2D eigenvalue weighted by Crippen LogP contribution is 2.42. The van der Waals surface area contributed by atoms with Crippen LogP contribution in [0.1, 0.15) is 18.5 Å². The van der Waals surface area contributed by atoms with Crippen molar-refractivity contribution >= 4 is 49.2 Å². The van der Waals surface area contributed by atoms with Crippen LogP contribution in [-0.2, 0) is 0 Å². The maximum atomic E-state index is 5.19. The molecule has 0 aliphatic heterocycles. The third-order valence-corrected chi connectivity index (χ3v) is 10.2. The summed E-state index contributed by atoms with van der Waals surface area (Å²) < 4.78 is 4.88. The van der Waals surface area contributed by atoms with Gasteiger partial charge in [0.1, 0.15) is 0 Å². The van der Waals surface area contributed by atoms with Gasteiger partial charge in [0.2, 0.25) is 0 Å². The number of allylic oxidation sites excluding steroid dienone is 4. The van der Waals surface area contributed by atoms with Gasteiger partial charge in [0.05, 0.1) is 33.5 Å². The fraction of sp³-hybridized carbons (Fsp3) is 0.0426. The second-order valence-corrected chi connectivity index (χ2v) is 13.1. The first kappa shape index (κ1) is 28.6. The average molecular weight is 640 g/mol. The van der Waals surface area contributed by atoms with Gasteiger partial charge in [-0.3, -0.25) is 0 Å². The number of para-hydroxylation sites is 3. The Morgan fingerprint density at radius 3 is 1.94 bits per heavy atom. The minimum atomic E-state index is 0.992. The minimum absolute atomic E-state index is 0.992. The van der Waals surface area contributed by atoms with E-state index in [1.54, 1.807) is 0 Å². The molecule has 0 unspecified atom stereocenters. The topological polar surface area (TPSA) is 22.8 Å². The van der Waals surface area contributed by atoms with E-state index in [-0.39, 0.29) is 0 Å². The Labute approximate surface area is 290 Å². The van der Waals surface area contributed by atoms with E-state index in [0.717, 1.165) is 46.7 Å². The summed E-state index contributed by atoms with van der Waals surface area (Å²) in [6.07, 6.45) is 8.64. The molecular weight excluding hydrogens is 607 g/mol. The summed E-state index contributed by atoms with van der Waals surface area (Å²) >= 11 is 0. The second-order valence-electron chi connectivity index (χ2n) is 13.1. The van der Waals surface area contributed by atoms with E-state index in [0.29, 0.717) is 0 Å². The van der Waals surface area contributed by atoms with Crippen LogP contribution in [0.5, 0.6) is 0 Å². The molecule has 3 aromatic heterocycles. The van der Waals surface area contributed by atoms with Gasteiger partial charge in [-0.25, -0.2) is 4.98 Å². The quantitative estimate of drug-likeness (QED) is 0.184. The molecule has 0 fully saturated rings. The fourth-order valence-corrected chi connectivity index (χ4v) is 7.89. The Bertz CT molecular complexity index is 2800. The van der Waals surface area contributed by atoms with E-state index in [4.69, 9.17) is 4.98 Å². The first-order valence-electron chi connectivity index (χ1n) is 17.4. The molecule has 0 saturated heterocycles. The summed E-state index contributed by atoms with van der Waals surface area (Å²) in [6.45, 7) is 0. The average Bonchev–Trinajstić information content (AvgIpc) is 3.72. The molecule has 1 aliphatic rings. The second kappa shape index (κ2) is 11.6. The van der Waals surface area contributed by atoms with Crippen molar-refractivity contribution in [2.24, 2.45) is 0 Å². The molecule has 0 bridgehead atoms. The van der Waals surface area contributed by atoms with E-state index in [1.807, 2.05) is 0 Å². The molecule has 10 rings (SSSR count). The van der Waals surface area contributed by atoms with Crippen LogP contribution in [0.2, 0.25) is 0 Å². The maximum absolute atomic E-state index is 5.19. The normalized spacial score (nSPS) is 13.1. The van der Waals surface area contributed by atoms with E-state index in [2.05, 4.69) is 185 Å². The van der Waals surface area contributed by atoms with Gasteiger partial charge in [-0.05, 0) is 84.1 Å². The van der Waals surface area contributed by atoms with Crippen molar-refractivity contribution in [1.29, 1.82) is 0 Å². The zero-order chi connectivity index (χ0) is 33.0. The number of pyridine rings is 1.